The molecule has 1 aromatic heterocycles. The second kappa shape index (κ2) is 9.69. The molecule has 2 heterocycles. The van der Waals surface area contributed by atoms with Crippen LogP contribution in [0.25, 0.3) is 11.3 Å². The summed E-state index contributed by atoms with van der Waals surface area (Å²) >= 11 is 1.45. The lowest BCUT2D eigenvalue weighted by molar-refractivity contribution is -0.149. The van der Waals surface area contributed by atoms with Crippen molar-refractivity contribution in [3.05, 3.63) is 82.9 Å². The highest BCUT2D eigenvalue weighted by Crippen LogP contribution is 2.45. The minimum absolute atomic E-state index is 0.396. The molecule has 2 aromatic carbocycles. The van der Waals surface area contributed by atoms with Crippen LogP contribution >= 0.6 is 11.3 Å². The van der Waals surface area contributed by atoms with Crippen molar-refractivity contribution in [2.45, 2.75) is 25.4 Å². The summed E-state index contributed by atoms with van der Waals surface area (Å²) in [6, 6.07) is 19.3. The summed E-state index contributed by atoms with van der Waals surface area (Å²) in [6.07, 6.45) is 0. The van der Waals surface area contributed by atoms with Crippen LogP contribution in [0.4, 0.5) is 5.13 Å². The molecule has 0 aliphatic carbocycles. The fourth-order valence-electron chi connectivity index (χ4n) is 4.58. The van der Waals surface area contributed by atoms with Gasteiger partial charge in [-0.3, -0.25) is 4.79 Å². The number of anilines is 1. The van der Waals surface area contributed by atoms with Gasteiger partial charge in [0.25, 0.3) is 0 Å². The van der Waals surface area contributed by atoms with Crippen molar-refractivity contribution in [2.75, 3.05) is 19.5 Å². The van der Waals surface area contributed by atoms with E-state index in [1.807, 2.05) is 79.9 Å². The van der Waals surface area contributed by atoms with Crippen molar-refractivity contribution in [3.8, 4) is 11.3 Å². The smallest absolute Gasteiger partial charge is 0.336 e. The van der Waals surface area contributed by atoms with Crippen LogP contribution in [-0.2, 0) is 19.1 Å². The van der Waals surface area contributed by atoms with Crippen molar-refractivity contribution in [2.24, 2.45) is 5.92 Å². The van der Waals surface area contributed by atoms with Gasteiger partial charge in [0, 0.05) is 22.6 Å². The number of methoxy groups -OCH3 is 2. The Labute approximate surface area is 202 Å². The average Bonchev–Trinajstić information content (AvgIpc) is 3.31. The van der Waals surface area contributed by atoms with Crippen molar-refractivity contribution >= 4 is 28.4 Å². The Morgan fingerprint density at radius 1 is 1.03 bits per heavy atom. The van der Waals surface area contributed by atoms with Gasteiger partial charge in [-0.2, -0.15) is 0 Å². The number of carbonyl (C=O) groups is 2. The molecule has 0 fully saturated rings. The molecule has 34 heavy (non-hydrogen) atoms. The number of hydrogen-bond acceptors (Lipinski definition) is 8. The zero-order valence-corrected chi connectivity index (χ0v) is 20.3. The second-order valence-electron chi connectivity index (χ2n) is 8.28. The molecule has 1 aliphatic rings. The standard InChI is InChI=1S/C26H27N3O4S/c1-16-20(23(30)32-3)21(18-13-9-6-10-14-18)22(24(31)33-4)26(2,28-16)29-25-27-19(15-34-25)17-11-7-5-8-12-17/h5-15,21-22,28H,1-4H3,(H,27,29). The van der Waals surface area contributed by atoms with Crippen LogP contribution in [0.5, 0.6) is 0 Å². The maximum Gasteiger partial charge on any atom is 0.336 e. The van der Waals surface area contributed by atoms with E-state index >= 15 is 0 Å². The summed E-state index contributed by atoms with van der Waals surface area (Å²) < 4.78 is 10.3. The van der Waals surface area contributed by atoms with Gasteiger partial charge >= 0.3 is 11.9 Å². The van der Waals surface area contributed by atoms with E-state index in [0.29, 0.717) is 16.4 Å². The number of rotatable bonds is 6. The zero-order valence-electron chi connectivity index (χ0n) is 19.5. The zero-order chi connectivity index (χ0) is 24.3. The summed E-state index contributed by atoms with van der Waals surface area (Å²) in [5.41, 5.74) is 2.68. The van der Waals surface area contributed by atoms with Crippen LogP contribution in [0.1, 0.15) is 25.3 Å². The molecule has 7 nitrogen and oxygen atoms in total. The number of esters is 2. The molecule has 0 saturated carbocycles. The topological polar surface area (TPSA) is 89.5 Å². The van der Waals surface area contributed by atoms with Crippen LogP contribution in [0.3, 0.4) is 0 Å². The maximum absolute atomic E-state index is 13.3. The highest BCUT2D eigenvalue weighted by molar-refractivity contribution is 7.14. The van der Waals surface area contributed by atoms with E-state index in [9.17, 15) is 9.59 Å². The number of hydrogen-bond donors (Lipinski definition) is 2. The predicted octanol–water partition coefficient (Wildman–Crippen LogP) is 4.56. The fraction of sp³-hybridized carbons (Fsp3) is 0.269. The number of ether oxygens (including phenoxy) is 2. The predicted molar refractivity (Wildman–Crippen MR) is 132 cm³/mol. The number of nitrogens with one attached hydrogen (secondary N) is 2. The summed E-state index contributed by atoms with van der Waals surface area (Å²) in [7, 11) is 2.69. The molecule has 3 aromatic rings. The molecule has 0 bridgehead atoms. The molecule has 1 aliphatic heterocycles. The van der Waals surface area contributed by atoms with Crippen LogP contribution < -0.4 is 10.6 Å². The van der Waals surface area contributed by atoms with Gasteiger partial charge in [-0.15, -0.1) is 11.3 Å². The normalized spacial score (nSPS) is 22.0. The van der Waals surface area contributed by atoms with E-state index < -0.39 is 29.4 Å². The number of thiazole rings is 1. The molecule has 4 rings (SSSR count). The molecule has 0 radical (unpaired) electrons. The van der Waals surface area contributed by atoms with Gasteiger partial charge in [0.2, 0.25) is 0 Å². The van der Waals surface area contributed by atoms with E-state index in [1.54, 1.807) is 0 Å². The van der Waals surface area contributed by atoms with Gasteiger partial charge in [0.15, 0.2) is 5.13 Å². The minimum Gasteiger partial charge on any atom is -0.469 e. The first-order valence-electron chi connectivity index (χ1n) is 10.9. The fourth-order valence-corrected chi connectivity index (χ4v) is 5.41. The SMILES string of the molecule is COC(=O)C1=C(C)NC(C)(Nc2nc(-c3ccccc3)cs2)C(C(=O)OC)C1c1ccccc1. The highest BCUT2D eigenvalue weighted by Gasteiger charge is 2.52. The van der Waals surface area contributed by atoms with Crippen molar-refractivity contribution in [3.63, 3.8) is 0 Å². The van der Waals surface area contributed by atoms with Gasteiger partial charge in [-0.05, 0) is 19.4 Å². The van der Waals surface area contributed by atoms with Gasteiger partial charge in [-0.25, -0.2) is 9.78 Å². The molecule has 3 unspecified atom stereocenters. The summed E-state index contributed by atoms with van der Waals surface area (Å²) in [5, 5.41) is 9.39. The summed E-state index contributed by atoms with van der Waals surface area (Å²) in [5.74, 6) is -2.32. The molecule has 2 N–H and O–H groups in total. The molecule has 8 heteroatoms. The van der Waals surface area contributed by atoms with E-state index in [-0.39, 0.29) is 0 Å². The van der Waals surface area contributed by atoms with E-state index in [0.717, 1.165) is 16.8 Å². The van der Waals surface area contributed by atoms with E-state index in [1.165, 1.54) is 25.6 Å². The number of carbonyl (C=O) groups excluding carboxylic acids is 2. The molecule has 0 amide bonds. The van der Waals surface area contributed by atoms with Crippen molar-refractivity contribution in [1.29, 1.82) is 0 Å². The Hall–Kier alpha value is -3.65. The third kappa shape index (κ3) is 4.41. The van der Waals surface area contributed by atoms with Crippen LogP contribution in [-0.4, -0.2) is 36.8 Å². The van der Waals surface area contributed by atoms with Gasteiger partial charge in [-0.1, -0.05) is 60.7 Å². The van der Waals surface area contributed by atoms with Gasteiger partial charge in [0.1, 0.15) is 11.6 Å². The van der Waals surface area contributed by atoms with Crippen molar-refractivity contribution < 1.29 is 19.1 Å². The Balaban J connectivity index is 1.80. The highest BCUT2D eigenvalue weighted by atomic mass is 32.1. The summed E-state index contributed by atoms with van der Waals surface area (Å²) in [4.78, 5) is 30.8. The number of allylic oxidation sites excluding steroid dienone is 1. The number of aromatic nitrogens is 1. The van der Waals surface area contributed by atoms with E-state index in [4.69, 9.17) is 14.5 Å². The second-order valence-corrected chi connectivity index (χ2v) is 9.13. The lowest BCUT2D eigenvalue weighted by Crippen LogP contribution is -2.62. The van der Waals surface area contributed by atoms with Crippen LogP contribution in [0.2, 0.25) is 0 Å². The lowest BCUT2D eigenvalue weighted by atomic mass is 9.71. The van der Waals surface area contributed by atoms with Crippen molar-refractivity contribution in [1.82, 2.24) is 10.3 Å². The quantitative estimate of drug-likeness (QED) is 0.503. The molecule has 0 spiro atoms. The first kappa shape index (κ1) is 23.5. The minimum atomic E-state index is -0.999. The van der Waals surface area contributed by atoms with Crippen LogP contribution in [0.15, 0.2) is 77.3 Å². The molecule has 0 saturated heterocycles. The lowest BCUT2D eigenvalue weighted by Gasteiger charge is -2.46. The summed E-state index contributed by atoms with van der Waals surface area (Å²) in [6.45, 7) is 3.69. The Bertz CT molecular complexity index is 1210. The number of benzene rings is 2. The molecular weight excluding hydrogens is 450 g/mol. The number of nitrogens with zero attached hydrogens (tertiary/aromatic N) is 1. The Kier molecular flexibility index (Phi) is 6.70. The first-order valence-corrected chi connectivity index (χ1v) is 11.7. The maximum atomic E-state index is 13.3. The third-order valence-corrected chi connectivity index (χ3v) is 6.83. The Morgan fingerprint density at radius 2 is 1.68 bits per heavy atom. The van der Waals surface area contributed by atoms with Gasteiger partial charge in [0.05, 0.1) is 25.5 Å². The third-order valence-electron chi connectivity index (χ3n) is 6.08. The molecular formula is C26H27N3O4S. The molecule has 3 atom stereocenters. The van der Waals surface area contributed by atoms with E-state index in [2.05, 4.69) is 10.6 Å². The molecule has 176 valence electrons. The Morgan fingerprint density at radius 3 is 2.29 bits per heavy atom. The van der Waals surface area contributed by atoms with Crippen LogP contribution in [0, 0.1) is 5.92 Å². The van der Waals surface area contributed by atoms with Gasteiger partial charge < -0.3 is 20.1 Å². The first-order chi connectivity index (χ1) is 16.4. The average molecular weight is 478 g/mol. The largest absolute Gasteiger partial charge is 0.469 e. The monoisotopic (exact) mass is 477 g/mol.